The van der Waals surface area contributed by atoms with Crippen LogP contribution in [0.2, 0.25) is 0 Å². The number of hydrogen-bond acceptors (Lipinski definition) is 1. The van der Waals surface area contributed by atoms with Gasteiger partial charge >= 0.3 is 0 Å². The van der Waals surface area contributed by atoms with E-state index in [9.17, 15) is 0 Å². The Morgan fingerprint density at radius 2 is 1.20 bits per heavy atom. The van der Waals surface area contributed by atoms with Gasteiger partial charge in [-0.1, -0.05) is 92.2 Å². The Balaban J connectivity index is 0.00000413. The molecule has 0 aliphatic heterocycles. The largest absolute Gasteiger partial charge is 0.319 e. The summed E-state index contributed by atoms with van der Waals surface area (Å²) in [6, 6.07) is 59.4. The van der Waals surface area contributed by atoms with Gasteiger partial charge in [0.15, 0.2) is 17.4 Å². The molecule has 9 rings (SSSR count). The van der Waals surface area contributed by atoms with E-state index in [2.05, 4.69) is 212 Å². The van der Waals surface area contributed by atoms with Gasteiger partial charge in [0, 0.05) is 50.6 Å². The first-order valence-corrected chi connectivity index (χ1v) is 18.3. The van der Waals surface area contributed by atoms with Gasteiger partial charge in [0.1, 0.15) is 5.82 Å². The molecule has 0 saturated heterocycles. The number of hydrogen-bond donors (Lipinski definition) is 0. The zero-order valence-electron chi connectivity index (χ0n) is 31.1. The minimum absolute atomic E-state index is 0. The van der Waals surface area contributed by atoms with E-state index in [0.717, 1.165) is 50.1 Å². The molecule has 5 heteroatoms. The quantitative estimate of drug-likeness (QED) is 0.153. The summed E-state index contributed by atoms with van der Waals surface area (Å²) < 4.78 is 6.88. The van der Waals surface area contributed by atoms with Gasteiger partial charge < -0.3 is 4.57 Å². The van der Waals surface area contributed by atoms with E-state index in [-0.39, 0.29) is 26.6 Å². The Morgan fingerprint density at radius 3 is 1.96 bits per heavy atom. The van der Waals surface area contributed by atoms with E-state index in [1.54, 1.807) is 0 Å². The van der Waals surface area contributed by atoms with Gasteiger partial charge in [-0.25, -0.2) is 14.1 Å². The number of para-hydroxylation sites is 3. The predicted octanol–water partition coefficient (Wildman–Crippen LogP) is 12.2. The van der Waals surface area contributed by atoms with Crippen LogP contribution in [0.25, 0.3) is 66.6 Å². The smallest absolute Gasteiger partial charge is 0.188 e. The topological polar surface area (TPSA) is 27.7 Å². The molecule has 6 aromatic carbocycles. The molecule has 0 amide bonds. The second kappa shape index (κ2) is 13.7. The average Bonchev–Trinajstić information content (AvgIpc) is 3.75. The van der Waals surface area contributed by atoms with Crippen LogP contribution in [-0.4, -0.2) is 18.7 Å². The van der Waals surface area contributed by atoms with Crippen LogP contribution in [0.15, 0.2) is 158 Å². The molecule has 54 heavy (non-hydrogen) atoms. The molecule has 3 aromatic heterocycles. The second-order valence-electron chi connectivity index (χ2n) is 15.4. The number of nitrogens with zero attached hydrogens (tertiary/aromatic N) is 4. The van der Waals surface area contributed by atoms with Gasteiger partial charge in [0.25, 0.3) is 0 Å². The van der Waals surface area contributed by atoms with Gasteiger partial charge in [-0.3, -0.25) is 0 Å². The summed E-state index contributed by atoms with van der Waals surface area (Å²) in [5.41, 5.74) is 11.9. The molecule has 0 N–H and O–H groups in total. The van der Waals surface area contributed by atoms with Crippen LogP contribution < -0.4 is 0 Å². The number of imidazole rings is 1. The van der Waals surface area contributed by atoms with Crippen molar-refractivity contribution in [3.8, 4) is 33.8 Å². The van der Waals surface area contributed by atoms with Crippen LogP contribution in [0, 0.1) is 12.1 Å². The van der Waals surface area contributed by atoms with Crippen LogP contribution in [0.1, 0.15) is 45.7 Å². The third kappa shape index (κ3) is 5.99. The number of fused-ring (bicyclic) bond motifs is 4. The number of pyridine rings is 1. The van der Waals surface area contributed by atoms with Crippen molar-refractivity contribution in [1.29, 1.82) is 0 Å². The molecule has 0 radical (unpaired) electrons. The summed E-state index contributed by atoms with van der Waals surface area (Å²) in [6.07, 6.45) is 4.14. The molecule has 0 bridgehead atoms. The van der Waals surface area contributed by atoms with Gasteiger partial charge in [-0.15, -0.1) is 23.1 Å². The Labute approximate surface area is 331 Å². The third-order valence-corrected chi connectivity index (χ3v) is 10.6. The molecule has 3 heterocycles. The first kappa shape index (κ1) is 35.5. The molecule has 0 aliphatic carbocycles. The summed E-state index contributed by atoms with van der Waals surface area (Å²) in [5.74, 6) is 0.864. The van der Waals surface area contributed by atoms with Crippen molar-refractivity contribution < 1.29 is 21.1 Å². The van der Waals surface area contributed by atoms with E-state index < -0.39 is 5.41 Å². The molecule has 0 atom stereocenters. The Bertz CT molecular complexity index is 2800. The maximum atomic E-state index is 4.98. The van der Waals surface area contributed by atoms with Crippen molar-refractivity contribution >= 4 is 32.8 Å². The standard InChI is InChI=1S/C49H41N4.Pt/c1-48(2,3)52-33-51(44-24-13-14-25-45(44)52)38-19-15-18-36(31-38)49(4,5)37-26-27-42-41-22-11-12-23-43(41)53(46(42)32-37)47-30-35(28-29-50-47)40-21-10-9-20-39(40)34-16-7-6-8-17-34;/h6-30,33H,1-5H3;/q-1;. The van der Waals surface area contributed by atoms with Crippen molar-refractivity contribution in [3.05, 3.63) is 181 Å². The van der Waals surface area contributed by atoms with Gasteiger partial charge in [0.05, 0.1) is 5.54 Å². The van der Waals surface area contributed by atoms with Crippen molar-refractivity contribution in [2.75, 3.05) is 0 Å². The molecule has 0 saturated carbocycles. The molecule has 9 aromatic rings. The van der Waals surface area contributed by atoms with Crippen LogP contribution in [0.3, 0.4) is 0 Å². The SMILES string of the molecule is CC(C)(c1[c-]c(-n2[cH+]n(C(C)(C)C)c3ccccc32)ccc1)c1[c-]c2c(cc1)c1ccccc1n2-c1cc(-c2ccccc2-c2ccccc2)ccn1.[Pt]. The van der Waals surface area contributed by atoms with Crippen molar-refractivity contribution in [2.45, 2.75) is 45.6 Å². The normalized spacial score (nSPS) is 12.0. The Morgan fingerprint density at radius 1 is 0.556 bits per heavy atom. The molecule has 268 valence electrons. The number of aromatic nitrogens is 4. The summed E-state index contributed by atoms with van der Waals surface area (Å²) in [4.78, 5) is 4.98. The summed E-state index contributed by atoms with van der Waals surface area (Å²) in [5, 5.41) is 2.33. The fraction of sp³-hybridized carbons (Fsp3) is 0.143. The molecule has 0 spiro atoms. The predicted molar refractivity (Wildman–Crippen MR) is 220 cm³/mol. The zero-order chi connectivity index (χ0) is 36.3. The van der Waals surface area contributed by atoms with Crippen molar-refractivity contribution in [2.24, 2.45) is 0 Å². The van der Waals surface area contributed by atoms with E-state index >= 15 is 0 Å². The first-order chi connectivity index (χ1) is 25.7. The van der Waals surface area contributed by atoms with Crippen LogP contribution in [-0.2, 0) is 32.0 Å². The van der Waals surface area contributed by atoms with Crippen LogP contribution in [0.5, 0.6) is 0 Å². The van der Waals surface area contributed by atoms with Crippen molar-refractivity contribution in [3.63, 3.8) is 0 Å². The number of benzene rings is 6. The van der Waals surface area contributed by atoms with E-state index in [0.29, 0.717) is 0 Å². The van der Waals surface area contributed by atoms with E-state index in [1.165, 1.54) is 27.6 Å². The minimum Gasteiger partial charge on any atom is -0.319 e. The minimum atomic E-state index is -0.391. The van der Waals surface area contributed by atoms with Gasteiger partial charge in [-0.2, -0.15) is 35.9 Å². The molecule has 0 aliphatic rings. The zero-order valence-corrected chi connectivity index (χ0v) is 33.4. The summed E-state index contributed by atoms with van der Waals surface area (Å²) in [6.45, 7) is 11.3. The van der Waals surface area contributed by atoms with Crippen molar-refractivity contribution in [1.82, 2.24) is 18.7 Å². The van der Waals surface area contributed by atoms with Gasteiger partial charge in [-0.05, 0) is 84.2 Å². The fourth-order valence-electron chi connectivity index (χ4n) is 7.75. The van der Waals surface area contributed by atoms with E-state index in [4.69, 9.17) is 4.98 Å². The average molecular weight is 881 g/mol. The molecule has 0 fully saturated rings. The molecule has 0 unspecified atom stereocenters. The van der Waals surface area contributed by atoms with E-state index in [1.807, 2.05) is 6.20 Å². The maximum Gasteiger partial charge on any atom is 0.188 e. The first-order valence-electron chi connectivity index (χ1n) is 18.3. The second-order valence-corrected chi connectivity index (χ2v) is 15.4. The molecule has 4 nitrogen and oxygen atoms in total. The van der Waals surface area contributed by atoms with Gasteiger partial charge in [0.2, 0.25) is 0 Å². The Hall–Kier alpha value is -5.57. The summed E-state index contributed by atoms with van der Waals surface area (Å²) >= 11 is 0. The van der Waals surface area contributed by atoms with Crippen LogP contribution in [0.4, 0.5) is 0 Å². The molecular formula is C49H41N4Pt-. The maximum absolute atomic E-state index is 4.98. The number of rotatable bonds is 6. The Kier molecular flexibility index (Phi) is 8.99. The fourth-order valence-corrected chi connectivity index (χ4v) is 7.75. The summed E-state index contributed by atoms with van der Waals surface area (Å²) in [7, 11) is 0. The molecular weight excluding hydrogens is 840 g/mol. The monoisotopic (exact) mass is 880 g/mol. The third-order valence-electron chi connectivity index (χ3n) is 10.6. The van der Waals surface area contributed by atoms with Crippen LogP contribution >= 0.6 is 0 Å².